The molecule has 2 N–H and O–H groups in total. The van der Waals surface area contributed by atoms with Gasteiger partial charge >= 0.3 is 0 Å². The summed E-state index contributed by atoms with van der Waals surface area (Å²) in [6, 6.07) is 1.85. The first-order chi connectivity index (χ1) is 11.2. The Labute approximate surface area is 136 Å². The minimum Gasteiger partial charge on any atom is -0.493 e. The third-order valence-corrected chi connectivity index (χ3v) is 4.56. The number of hydrogen-bond acceptors (Lipinski definition) is 5. The van der Waals surface area contributed by atoms with Crippen LogP contribution < -0.4 is 0 Å². The standard InChI is InChI=1S/C16H13ClN4O2/c17-13-7-18-12(6-19-13)10-5-11-14(20-16(22)15(11)21-23)9-4-2-1-3-8(9)10/h5-7,20,22H,1-4H2. The molecule has 3 aromatic rings. The molecule has 2 heterocycles. The predicted octanol–water partition coefficient (Wildman–Crippen LogP) is 4.26. The molecule has 0 radical (unpaired) electrons. The second kappa shape index (κ2) is 5.31. The lowest BCUT2D eigenvalue weighted by molar-refractivity contribution is 0.460. The third-order valence-electron chi connectivity index (χ3n) is 4.36. The molecule has 1 aliphatic carbocycles. The molecule has 4 rings (SSSR count). The molecule has 7 heteroatoms. The van der Waals surface area contributed by atoms with Crippen molar-refractivity contribution in [1.82, 2.24) is 15.0 Å². The molecular formula is C16H13ClN4O2. The summed E-state index contributed by atoms with van der Waals surface area (Å²) in [7, 11) is 0. The summed E-state index contributed by atoms with van der Waals surface area (Å²) in [4.78, 5) is 22.4. The Hall–Kier alpha value is -2.47. The second-order valence-electron chi connectivity index (χ2n) is 5.65. The number of nitrogens with zero attached hydrogens (tertiary/aromatic N) is 3. The molecule has 0 saturated carbocycles. The monoisotopic (exact) mass is 328 g/mol. The summed E-state index contributed by atoms with van der Waals surface area (Å²) in [5.74, 6) is -0.192. The molecule has 0 saturated heterocycles. The number of aromatic nitrogens is 3. The molecule has 0 bridgehead atoms. The molecular weight excluding hydrogens is 316 g/mol. The Morgan fingerprint density at radius 2 is 1.96 bits per heavy atom. The Kier molecular flexibility index (Phi) is 3.27. The van der Waals surface area contributed by atoms with Crippen LogP contribution in [0.25, 0.3) is 22.2 Å². The summed E-state index contributed by atoms with van der Waals surface area (Å²) < 4.78 is 0. The van der Waals surface area contributed by atoms with Crippen LogP contribution in [0.5, 0.6) is 5.88 Å². The minimum atomic E-state index is -0.192. The van der Waals surface area contributed by atoms with Crippen LogP contribution in [0.1, 0.15) is 24.0 Å². The highest BCUT2D eigenvalue weighted by atomic mass is 35.5. The Bertz CT molecular complexity index is 918. The van der Waals surface area contributed by atoms with Crippen LogP contribution in [0.2, 0.25) is 5.15 Å². The minimum absolute atomic E-state index is 0.0385. The first-order valence-corrected chi connectivity index (χ1v) is 7.77. The SMILES string of the molecule is O=Nc1c(O)[nH]c2c3c(c(-c4cnc(Cl)cn4)cc12)CCCC3. The summed E-state index contributed by atoms with van der Waals surface area (Å²) in [6.45, 7) is 0. The quantitative estimate of drug-likeness (QED) is 0.687. The molecule has 1 aromatic carbocycles. The molecule has 23 heavy (non-hydrogen) atoms. The fraction of sp³-hybridized carbons (Fsp3) is 0.250. The Morgan fingerprint density at radius 3 is 2.65 bits per heavy atom. The zero-order chi connectivity index (χ0) is 16.0. The van der Waals surface area contributed by atoms with Gasteiger partial charge in [-0.15, -0.1) is 4.91 Å². The van der Waals surface area contributed by atoms with Gasteiger partial charge in [0, 0.05) is 10.9 Å². The average molecular weight is 329 g/mol. The highest BCUT2D eigenvalue weighted by Gasteiger charge is 2.23. The van der Waals surface area contributed by atoms with E-state index in [1.807, 2.05) is 6.07 Å². The molecule has 0 aliphatic heterocycles. The number of aromatic amines is 1. The first-order valence-electron chi connectivity index (χ1n) is 7.39. The lowest BCUT2D eigenvalue weighted by Crippen LogP contribution is -2.06. The fourth-order valence-corrected chi connectivity index (χ4v) is 3.45. The molecule has 6 nitrogen and oxygen atoms in total. The number of fused-ring (bicyclic) bond motifs is 3. The van der Waals surface area contributed by atoms with E-state index >= 15 is 0 Å². The molecule has 1 aliphatic rings. The van der Waals surface area contributed by atoms with Gasteiger partial charge < -0.3 is 10.1 Å². The normalized spacial score (nSPS) is 14.0. The van der Waals surface area contributed by atoms with Crippen molar-refractivity contribution in [2.75, 3.05) is 0 Å². The fourth-order valence-electron chi connectivity index (χ4n) is 3.35. The average Bonchev–Trinajstić information content (AvgIpc) is 2.90. The third kappa shape index (κ3) is 2.17. The van der Waals surface area contributed by atoms with Crippen LogP contribution in [0.4, 0.5) is 5.69 Å². The van der Waals surface area contributed by atoms with Gasteiger partial charge in [0.1, 0.15) is 5.15 Å². The van der Waals surface area contributed by atoms with Crippen LogP contribution in [0, 0.1) is 4.91 Å². The molecule has 0 fully saturated rings. The van der Waals surface area contributed by atoms with Gasteiger partial charge in [-0.05, 0) is 48.1 Å². The molecule has 0 atom stereocenters. The van der Waals surface area contributed by atoms with Crippen molar-refractivity contribution in [1.29, 1.82) is 0 Å². The predicted molar refractivity (Wildman–Crippen MR) is 88.1 cm³/mol. The number of nitroso groups, excluding NO2 is 1. The van der Waals surface area contributed by atoms with E-state index in [-0.39, 0.29) is 11.6 Å². The zero-order valence-electron chi connectivity index (χ0n) is 12.1. The number of rotatable bonds is 2. The molecule has 2 aromatic heterocycles. The number of aryl methyl sites for hydroxylation is 1. The summed E-state index contributed by atoms with van der Waals surface area (Å²) >= 11 is 5.82. The van der Waals surface area contributed by atoms with Crippen LogP contribution in [0.15, 0.2) is 23.6 Å². The maximum absolute atomic E-state index is 11.1. The van der Waals surface area contributed by atoms with Crippen molar-refractivity contribution in [3.63, 3.8) is 0 Å². The lowest BCUT2D eigenvalue weighted by atomic mass is 9.85. The van der Waals surface area contributed by atoms with Gasteiger partial charge in [0.15, 0.2) is 5.69 Å². The number of H-pyrrole nitrogens is 1. The number of nitrogens with one attached hydrogen (secondary N) is 1. The number of aromatic hydroxyl groups is 1. The largest absolute Gasteiger partial charge is 0.493 e. The number of benzene rings is 1. The van der Waals surface area contributed by atoms with Gasteiger partial charge in [-0.2, -0.15) is 0 Å². The van der Waals surface area contributed by atoms with E-state index in [0.717, 1.165) is 42.3 Å². The van der Waals surface area contributed by atoms with E-state index in [4.69, 9.17) is 11.6 Å². The lowest BCUT2D eigenvalue weighted by Gasteiger charge is -2.20. The highest BCUT2D eigenvalue weighted by Crippen LogP contribution is 2.43. The van der Waals surface area contributed by atoms with E-state index in [0.29, 0.717) is 16.2 Å². The van der Waals surface area contributed by atoms with Gasteiger partial charge in [0.25, 0.3) is 0 Å². The van der Waals surface area contributed by atoms with E-state index in [9.17, 15) is 10.0 Å². The van der Waals surface area contributed by atoms with Crippen molar-refractivity contribution in [3.8, 4) is 17.1 Å². The molecule has 0 amide bonds. The Morgan fingerprint density at radius 1 is 1.17 bits per heavy atom. The van der Waals surface area contributed by atoms with Gasteiger partial charge in [-0.25, -0.2) is 4.98 Å². The summed E-state index contributed by atoms with van der Waals surface area (Å²) in [6.07, 6.45) is 7.11. The molecule has 116 valence electrons. The van der Waals surface area contributed by atoms with Gasteiger partial charge in [0.2, 0.25) is 5.88 Å². The van der Waals surface area contributed by atoms with Gasteiger partial charge in [-0.1, -0.05) is 11.6 Å². The van der Waals surface area contributed by atoms with E-state index in [1.54, 1.807) is 6.20 Å². The van der Waals surface area contributed by atoms with E-state index in [2.05, 4.69) is 20.1 Å². The van der Waals surface area contributed by atoms with Crippen molar-refractivity contribution in [3.05, 3.63) is 39.6 Å². The van der Waals surface area contributed by atoms with E-state index in [1.165, 1.54) is 11.8 Å². The smallest absolute Gasteiger partial charge is 0.219 e. The molecule has 0 spiro atoms. The first kappa shape index (κ1) is 14.1. The van der Waals surface area contributed by atoms with Crippen LogP contribution >= 0.6 is 11.6 Å². The number of halogens is 1. The van der Waals surface area contributed by atoms with Crippen LogP contribution in [-0.4, -0.2) is 20.1 Å². The van der Waals surface area contributed by atoms with Crippen molar-refractivity contribution >= 4 is 28.2 Å². The van der Waals surface area contributed by atoms with Gasteiger partial charge in [0.05, 0.1) is 23.6 Å². The van der Waals surface area contributed by atoms with Crippen LogP contribution in [0.3, 0.4) is 0 Å². The number of hydrogen-bond donors (Lipinski definition) is 2. The van der Waals surface area contributed by atoms with Crippen molar-refractivity contribution in [2.45, 2.75) is 25.7 Å². The second-order valence-corrected chi connectivity index (χ2v) is 6.04. The van der Waals surface area contributed by atoms with Crippen molar-refractivity contribution < 1.29 is 5.11 Å². The zero-order valence-corrected chi connectivity index (χ0v) is 12.9. The summed E-state index contributed by atoms with van der Waals surface area (Å²) in [5, 5.41) is 13.9. The van der Waals surface area contributed by atoms with Crippen molar-refractivity contribution in [2.24, 2.45) is 5.18 Å². The van der Waals surface area contributed by atoms with Crippen LogP contribution in [-0.2, 0) is 12.8 Å². The maximum Gasteiger partial charge on any atom is 0.219 e. The van der Waals surface area contributed by atoms with Gasteiger partial charge in [-0.3, -0.25) is 4.98 Å². The van der Waals surface area contributed by atoms with E-state index < -0.39 is 0 Å². The summed E-state index contributed by atoms with van der Waals surface area (Å²) in [5.41, 5.74) is 4.74. The maximum atomic E-state index is 11.1. The molecule has 0 unspecified atom stereocenters. The highest BCUT2D eigenvalue weighted by molar-refractivity contribution is 6.29. The topological polar surface area (TPSA) is 91.2 Å². The Balaban J connectivity index is 2.06.